The van der Waals surface area contributed by atoms with Gasteiger partial charge in [0.1, 0.15) is 0 Å². The molecule has 0 bridgehead atoms. The lowest BCUT2D eigenvalue weighted by Gasteiger charge is -2.34. The van der Waals surface area contributed by atoms with Gasteiger partial charge in [-0.15, -0.1) is 0 Å². The van der Waals surface area contributed by atoms with Crippen molar-refractivity contribution in [2.45, 2.75) is 39.4 Å². The zero-order chi connectivity index (χ0) is 20.4. The van der Waals surface area contributed by atoms with Crippen LogP contribution in [0.3, 0.4) is 0 Å². The summed E-state index contributed by atoms with van der Waals surface area (Å²) in [4.78, 5) is 23.1. The molecule has 28 heavy (non-hydrogen) atoms. The van der Waals surface area contributed by atoms with Gasteiger partial charge in [0.15, 0.2) is 6.29 Å². The molecule has 0 spiro atoms. The van der Waals surface area contributed by atoms with E-state index >= 15 is 0 Å². The van der Waals surface area contributed by atoms with Crippen LogP contribution in [0, 0.1) is 5.41 Å². The van der Waals surface area contributed by atoms with Gasteiger partial charge >= 0.3 is 0 Å². The molecule has 1 aliphatic heterocycles. The molecule has 152 valence electrons. The second-order valence-electron chi connectivity index (χ2n) is 7.33. The van der Waals surface area contributed by atoms with E-state index < -0.39 is 5.91 Å². The van der Waals surface area contributed by atoms with Crippen LogP contribution in [0.25, 0.3) is 6.08 Å². The summed E-state index contributed by atoms with van der Waals surface area (Å²) in [6.07, 6.45) is 6.47. The molecule has 2 amide bonds. The van der Waals surface area contributed by atoms with Gasteiger partial charge in [-0.3, -0.25) is 14.8 Å². The number of nitrogens with one attached hydrogen (secondary N) is 2. The predicted molar refractivity (Wildman–Crippen MR) is 105 cm³/mol. The highest BCUT2D eigenvalue weighted by molar-refractivity contribution is 5.95. The molecule has 8 heteroatoms. The SMILES string of the molecule is CC1(C)COC(CCC/C=N/NC(=O)c2cccc(/C=C/C(=O)NO)c2)OC1. The van der Waals surface area contributed by atoms with Crippen LogP contribution in [-0.2, 0) is 14.3 Å². The second-order valence-corrected chi connectivity index (χ2v) is 7.33. The molecule has 0 radical (unpaired) electrons. The number of benzene rings is 1. The monoisotopic (exact) mass is 389 g/mol. The van der Waals surface area contributed by atoms with Gasteiger partial charge in [0.2, 0.25) is 0 Å². The average Bonchev–Trinajstić information content (AvgIpc) is 2.69. The van der Waals surface area contributed by atoms with Crippen molar-refractivity contribution in [3.05, 3.63) is 41.5 Å². The molecule has 1 aliphatic rings. The van der Waals surface area contributed by atoms with Crippen LogP contribution in [-0.4, -0.2) is 42.7 Å². The fraction of sp³-hybridized carbons (Fsp3) is 0.450. The van der Waals surface area contributed by atoms with Crippen molar-refractivity contribution in [3.8, 4) is 0 Å². The third kappa shape index (κ3) is 7.59. The molecule has 1 saturated heterocycles. The largest absolute Gasteiger partial charge is 0.352 e. The van der Waals surface area contributed by atoms with Gasteiger partial charge in [-0.25, -0.2) is 10.9 Å². The molecule has 0 atom stereocenters. The van der Waals surface area contributed by atoms with E-state index in [2.05, 4.69) is 24.4 Å². The van der Waals surface area contributed by atoms with Crippen molar-refractivity contribution in [3.63, 3.8) is 0 Å². The Hall–Kier alpha value is -2.55. The summed E-state index contributed by atoms with van der Waals surface area (Å²) >= 11 is 0. The molecule has 1 aromatic rings. The zero-order valence-corrected chi connectivity index (χ0v) is 16.2. The number of unbranched alkanes of at least 4 members (excludes halogenated alkanes) is 1. The summed E-state index contributed by atoms with van der Waals surface area (Å²) in [5.41, 5.74) is 5.11. The minimum Gasteiger partial charge on any atom is -0.352 e. The summed E-state index contributed by atoms with van der Waals surface area (Å²) in [6, 6.07) is 6.69. The number of carbonyl (C=O) groups is 2. The molecule has 2 rings (SSSR count). The lowest BCUT2D eigenvalue weighted by molar-refractivity contribution is -0.223. The quantitative estimate of drug-likeness (QED) is 0.208. The summed E-state index contributed by atoms with van der Waals surface area (Å²) < 4.78 is 11.3. The van der Waals surface area contributed by atoms with E-state index in [1.807, 2.05) is 0 Å². The number of hydrogen-bond donors (Lipinski definition) is 3. The Balaban J connectivity index is 1.70. The maximum atomic E-state index is 12.1. The summed E-state index contributed by atoms with van der Waals surface area (Å²) in [5.74, 6) is -0.994. The number of carbonyl (C=O) groups excluding carboxylic acids is 2. The van der Waals surface area contributed by atoms with E-state index in [4.69, 9.17) is 14.7 Å². The summed E-state index contributed by atoms with van der Waals surface area (Å²) in [6.45, 7) is 5.61. The third-order valence-electron chi connectivity index (χ3n) is 4.04. The van der Waals surface area contributed by atoms with E-state index in [1.54, 1.807) is 30.5 Å². The summed E-state index contributed by atoms with van der Waals surface area (Å²) in [5, 5.41) is 12.4. The zero-order valence-electron chi connectivity index (χ0n) is 16.2. The first-order chi connectivity index (χ1) is 13.4. The number of amides is 2. The van der Waals surface area contributed by atoms with Crippen LogP contribution in [0.15, 0.2) is 35.4 Å². The molecular formula is C20H27N3O5. The molecule has 8 nitrogen and oxygen atoms in total. The Kier molecular flexibility index (Phi) is 8.31. The van der Waals surface area contributed by atoms with E-state index in [9.17, 15) is 9.59 Å². The van der Waals surface area contributed by atoms with Gasteiger partial charge in [-0.1, -0.05) is 26.0 Å². The number of nitrogens with zero attached hydrogens (tertiary/aromatic N) is 1. The lowest BCUT2D eigenvalue weighted by atomic mass is 9.95. The highest BCUT2D eigenvalue weighted by atomic mass is 16.7. The smallest absolute Gasteiger partial charge is 0.271 e. The van der Waals surface area contributed by atoms with Crippen molar-refractivity contribution >= 4 is 24.1 Å². The first-order valence-electron chi connectivity index (χ1n) is 9.17. The number of hydrazone groups is 1. The van der Waals surface area contributed by atoms with Crippen LogP contribution in [0.5, 0.6) is 0 Å². The Bertz CT molecular complexity index is 720. The molecule has 0 saturated carbocycles. The standard InChI is InChI=1S/C20H27N3O5/c1-20(2)13-27-18(28-14-20)8-3-4-11-21-22-19(25)16-7-5-6-15(12-16)9-10-17(24)23-26/h5-7,9-12,18,26H,3-4,8,13-14H2,1-2H3,(H,22,25)(H,23,24)/b10-9+,21-11+. The van der Waals surface area contributed by atoms with Crippen LogP contribution in [0.2, 0.25) is 0 Å². The third-order valence-corrected chi connectivity index (χ3v) is 4.04. The average molecular weight is 389 g/mol. The molecule has 1 aromatic carbocycles. The summed E-state index contributed by atoms with van der Waals surface area (Å²) in [7, 11) is 0. The molecular weight excluding hydrogens is 362 g/mol. The van der Waals surface area contributed by atoms with E-state index in [-0.39, 0.29) is 17.6 Å². The van der Waals surface area contributed by atoms with Crippen LogP contribution in [0.1, 0.15) is 49.0 Å². The highest BCUT2D eigenvalue weighted by Crippen LogP contribution is 2.24. The highest BCUT2D eigenvalue weighted by Gasteiger charge is 2.27. The van der Waals surface area contributed by atoms with Crippen LogP contribution < -0.4 is 10.9 Å². The number of rotatable bonds is 8. The Morgan fingerprint density at radius 1 is 1.32 bits per heavy atom. The molecule has 1 fully saturated rings. The van der Waals surface area contributed by atoms with Gasteiger partial charge in [-0.05, 0) is 43.0 Å². The molecule has 3 N–H and O–H groups in total. The normalized spacial score (nSPS) is 17.1. The Labute approximate surface area is 164 Å². The maximum absolute atomic E-state index is 12.1. The van der Waals surface area contributed by atoms with E-state index in [0.717, 1.165) is 18.9 Å². The van der Waals surface area contributed by atoms with E-state index in [1.165, 1.54) is 11.6 Å². The first kappa shape index (κ1) is 21.7. The van der Waals surface area contributed by atoms with Gasteiger partial charge in [0, 0.05) is 23.3 Å². The minimum absolute atomic E-state index is 0.0700. The fourth-order valence-corrected chi connectivity index (χ4v) is 2.50. The van der Waals surface area contributed by atoms with Gasteiger partial charge < -0.3 is 9.47 Å². The van der Waals surface area contributed by atoms with Crippen molar-refractivity contribution in [2.75, 3.05) is 13.2 Å². The first-order valence-corrected chi connectivity index (χ1v) is 9.17. The van der Waals surface area contributed by atoms with Gasteiger partial charge in [0.05, 0.1) is 13.2 Å². The Morgan fingerprint density at radius 2 is 2.07 bits per heavy atom. The lowest BCUT2D eigenvalue weighted by Crippen LogP contribution is -2.37. The topological polar surface area (TPSA) is 109 Å². The number of hydrogen-bond acceptors (Lipinski definition) is 6. The molecule has 0 aliphatic carbocycles. The van der Waals surface area contributed by atoms with Crippen molar-refractivity contribution < 1.29 is 24.3 Å². The van der Waals surface area contributed by atoms with E-state index in [0.29, 0.717) is 30.8 Å². The number of hydroxylamine groups is 1. The second kappa shape index (κ2) is 10.7. The molecule has 1 heterocycles. The Morgan fingerprint density at radius 3 is 2.79 bits per heavy atom. The number of ether oxygens (including phenoxy) is 2. The fourth-order valence-electron chi connectivity index (χ4n) is 2.50. The maximum Gasteiger partial charge on any atom is 0.271 e. The van der Waals surface area contributed by atoms with Gasteiger partial charge in [-0.2, -0.15) is 5.10 Å². The predicted octanol–water partition coefficient (Wildman–Crippen LogP) is 2.49. The minimum atomic E-state index is -0.646. The van der Waals surface area contributed by atoms with Crippen molar-refractivity contribution in [1.82, 2.24) is 10.9 Å². The molecule has 0 unspecified atom stereocenters. The van der Waals surface area contributed by atoms with Crippen molar-refractivity contribution in [1.29, 1.82) is 0 Å². The van der Waals surface area contributed by atoms with Crippen LogP contribution in [0.4, 0.5) is 0 Å². The van der Waals surface area contributed by atoms with Crippen molar-refractivity contribution in [2.24, 2.45) is 10.5 Å². The molecule has 0 aromatic heterocycles. The van der Waals surface area contributed by atoms with Crippen LogP contribution >= 0.6 is 0 Å². The van der Waals surface area contributed by atoms with Gasteiger partial charge in [0.25, 0.3) is 11.8 Å².